The molecule has 0 aromatic carbocycles. The molecule has 11 nitrogen and oxygen atoms in total. The van der Waals surface area contributed by atoms with E-state index in [0.29, 0.717) is 64.4 Å². The van der Waals surface area contributed by atoms with E-state index in [1.807, 2.05) is 36.4 Å². The number of furan rings is 1. The lowest BCUT2D eigenvalue weighted by Crippen LogP contribution is -2.49. The first-order valence-electron chi connectivity index (χ1n) is 13.0. The summed E-state index contributed by atoms with van der Waals surface area (Å²) in [6, 6.07) is 11.2. The van der Waals surface area contributed by atoms with Crippen LogP contribution in [0.15, 0.2) is 65.6 Å². The summed E-state index contributed by atoms with van der Waals surface area (Å²) >= 11 is 0. The van der Waals surface area contributed by atoms with Gasteiger partial charge in [-0.1, -0.05) is 0 Å². The van der Waals surface area contributed by atoms with E-state index in [-0.39, 0.29) is 10.8 Å². The molecule has 7 rings (SSSR count). The lowest BCUT2D eigenvalue weighted by atomic mass is 9.90. The molecule has 7 heterocycles. The monoisotopic (exact) mass is 538 g/mol. The molecule has 0 unspecified atom stereocenters. The fourth-order valence-electron chi connectivity index (χ4n) is 5.09. The number of hydrogen-bond acceptors (Lipinski definition) is 11. The first-order valence-corrected chi connectivity index (χ1v) is 13.0. The topological polar surface area (TPSA) is 113 Å². The van der Waals surface area contributed by atoms with Crippen LogP contribution in [0.4, 0.5) is 0 Å². The van der Waals surface area contributed by atoms with E-state index < -0.39 is 25.2 Å². The van der Waals surface area contributed by atoms with Gasteiger partial charge in [0.1, 0.15) is 0 Å². The number of hydrogen-bond donors (Lipinski definition) is 0. The van der Waals surface area contributed by atoms with E-state index >= 15 is 0 Å². The van der Waals surface area contributed by atoms with Gasteiger partial charge in [-0.15, -0.1) is 0 Å². The fourth-order valence-corrected chi connectivity index (χ4v) is 5.09. The lowest BCUT2D eigenvalue weighted by Gasteiger charge is -2.43. The summed E-state index contributed by atoms with van der Waals surface area (Å²) in [4.78, 5) is 8.07. The van der Waals surface area contributed by atoms with Crippen LogP contribution >= 0.6 is 0 Å². The van der Waals surface area contributed by atoms with E-state index in [1.54, 1.807) is 24.8 Å². The Morgan fingerprint density at radius 1 is 0.436 bits per heavy atom. The van der Waals surface area contributed by atoms with Crippen LogP contribution in [0, 0.1) is 10.8 Å². The van der Waals surface area contributed by atoms with Gasteiger partial charge in [0.05, 0.1) is 63.7 Å². The maximum atomic E-state index is 6.03. The molecule has 4 aliphatic rings. The van der Waals surface area contributed by atoms with Crippen LogP contribution in [0.3, 0.4) is 0 Å². The molecule has 39 heavy (non-hydrogen) atoms. The van der Waals surface area contributed by atoms with Crippen LogP contribution in [0.25, 0.3) is 0 Å². The second-order valence-electron chi connectivity index (χ2n) is 10.6. The first kappa shape index (κ1) is 25.2. The van der Waals surface area contributed by atoms with Crippen LogP contribution in [0.2, 0.25) is 0 Å². The standard InChI is InChI=1S/C28H30N2O9/c1-2-22(26-37-17-28(18-38-26)13-33-24(34-14-28)20-5-9-30-10-6-20)39-21(1)25-35-15-27(16-36-25)11-31-23(32-12-27)19-3-7-29-8-4-19/h1-10,23-26H,11-18H2. The molecule has 0 amide bonds. The van der Waals surface area contributed by atoms with Gasteiger partial charge in [-0.2, -0.15) is 0 Å². The average molecular weight is 539 g/mol. The summed E-state index contributed by atoms with van der Waals surface area (Å²) in [6.07, 6.45) is 4.83. The summed E-state index contributed by atoms with van der Waals surface area (Å²) in [6.45, 7) is 3.59. The van der Waals surface area contributed by atoms with Crippen molar-refractivity contribution < 1.29 is 42.3 Å². The lowest BCUT2D eigenvalue weighted by molar-refractivity contribution is -0.313. The highest BCUT2D eigenvalue weighted by molar-refractivity contribution is 5.14. The van der Waals surface area contributed by atoms with Crippen molar-refractivity contribution in [2.24, 2.45) is 10.8 Å². The minimum Gasteiger partial charge on any atom is -0.455 e. The molecule has 4 aliphatic heterocycles. The molecule has 0 N–H and O–H groups in total. The van der Waals surface area contributed by atoms with E-state index in [1.165, 1.54) is 0 Å². The predicted molar refractivity (Wildman–Crippen MR) is 131 cm³/mol. The molecule has 4 fully saturated rings. The van der Waals surface area contributed by atoms with E-state index in [9.17, 15) is 0 Å². The Labute approximate surface area is 225 Å². The van der Waals surface area contributed by atoms with Gasteiger partial charge in [-0.3, -0.25) is 9.97 Å². The highest BCUT2D eigenvalue weighted by Gasteiger charge is 2.45. The van der Waals surface area contributed by atoms with Crippen LogP contribution in [0.5, 0.6) is 0 Å². The van der Waals surface area contributed by atoms with Crippen LogP contribution in [-0.2, 0) is 37.9 Å². The summed E-state index contributed by atoms with van der Waals surface area (Å²) in [5.41, 5.74) is 1.16. The van der Waals surface area contributed by atoms with E-state index in [2.05, 4.69) is 9.97 Å². The third-order valence-corrected chi connectivity index (χ3v) is 7.40. The molecular formula is C28H30N2O9. The summed E-state index contributed by atoms with van der Waals surface area (Å²) in [7, 11) is 0. The molecule has 0 aliphatic carbocycles. The Balaban J connectivity index is 0.892. The second kappa shape index (κ2) is 10.7. The number of ether oxygens (including phenoxy) is 8. The van der Waals surface area contributed by atoms with Crippen LogP contribution in [0.1, 0.15) is 47.8 Å². The minimum absolute atomic E-state index is 0.361. The summed E-state index contributed by atoms with van der Waals surface area (Å²) in [5.74, 6) is 1.12. The van der Waals surface area contributed by atoms with Gasteiger partial charge < -0.3 is 42.3 Å². The Kier molecular flexibility index (Phi) is 6.91. The van der Waals surface area contributed by atoms with Crippen molar-refractivity contribution in [1.82, 2.24) is 9.97 Å². The Bertz CT molecular complexity index is 1110. The fraction of sp³-hybridized carbons (Fsp3) is 0.500. The van der Waals surface area contributed by atoms with Crippen molar-refractivity contribution in [2.75, 3.05) is 52.9 Å². The zero-order valence-corrected chi connectivity index (χ0v) is 21.3. The molecular weight excluding hydrogens is 508 g/mol. The SMILES string of the molecule is c1cc(C2OCC3(CO2)COC(c2ccc(C4OCC5(COC(c6ccncc6)OC5)CO4)o2)OC3)ccn1. The number of rotatable bonds is 4. The highest BCUT2D eigenvalue weighted by atomic mass is 16.7. The smallest absolute Gasteiger partial charge is 0.217 e. The van der Waals surface area contributed by atoms with Crippen LogP contribution < -0.4 is 0 Å². The molecule has 206 valence electrons. The number of nitrogens with zero attached hydrogens (tertiary/aromatic N) is 2. The van der Waals surface area contributed by atoms with Gasteiger partial charge in [-0.25, -0.2) is 0 Å². The molecule has 3 aromatic rings. The molecule has 0 atom stereocenters. The van der Waals surface area contributed by atoms with Crippen molar-refractivity contribution >= 4 is 0 Å². The second-order valence-corrected chi connectivity index (χ2v) is 10.6. The van der Waals surface area contributed by atoms with Crippen molar-refractivity contribution in [1.29, 1.82) is 0 Å². The minimum atomic E-state index is -0.623. The van der Waals surface area contributed by atoms with Crippen molar-refractivity contribution in [3.05, 3.63) is 83.8 Å². The van der Waals surface area contributed by atoms with Crippen LogP contribution in [-0.4, -0.2) is 62.8 Å². The van der Waals surface area contributed by atoms with Gasteiger partial charge in [0.2, 0.25) is 12.6 Å². The van der Waals surface area contributed by atoms with Crippen molar-refractivity contribution in [2.45, 2.75) is 25.2 Å². The molecule has 2 spiro atoms. The van der Waals surface area contributed by atoms with Gasteiger partial charge in [0, 0.05) is 35.9 Å². The third kappa shape index (κ3) is 5.24. The highest BCUT2D eigenvalue weighted by Crippen LogP contribution is 2.41. The summed E-state index contributed by atoms with van der Waals surface area (Å²) in [5, 5.41) is 0. The Hall–Kier alpha value is -2.74. The van der Waals surface area contributed by atoms with E-state index in [0.717, 1.165) is 11.1 Å². The van der Waals surface area contributed by atoms with Gasteiger partial charge >= 0.3 is 0 Å². The van der Waals surface area contributed by atoms with Gasteiger partial charge in [0.15, 0.2) is 24.1 Å². The van der Waals surface area contributed by atoms with Crippen molar-refractivity contribution in [3.63, 3.8) is 0 Å². The maximum absolute atomic E-state index is 6.03. The molecule has 4 saturated heterocycles. The van der Waals surface area contributed by atoms with Crippen molar-refractivity contribution in [3.8, 4) is 0 Å². The molecule has 11 heteroatoms. The first-order chi connectivity index (χ1) is 19.2. The predicted octanol–water partition coefficient (Wildman–Crippen LogP) is 3.62. The normalized spacial score (nSPS) is 35.3. The zero-order chi connectivity index (χ0) is 26.1. The zero-order valence-electron chi connectivity index (χ0n) is 21.3. The van der Waals surface area contributed by atoms with Gasteiger partial charge in [-0.05, 0) is 36.4 Å². The molecule has 3 aromatic heterocycles. The Morgan fingerprint density at radius 2 is 0.744 bits per heavy atom. The third-order valence-electron chi connectivity index (χ3n) is 7.40. The number of aromatic nitrogens is 2. The maximum Gasteiger partial charge on any atom is 0.217 e. The molecule has 0 bridgehead atoms. The quantitative estimate of drug-likeness (QED) is 0.485. The molecule has 0 radical (unpaired) electrons. The number of pyridine rings is 2. The van der Waals surface area contributed by atoms with Gasteiger partial charge in [0.25, 0.3) is 0 Å². The largest absolute Gasteiger partial charge is 0.455 e. The molecule has 0 saturated carbocycles. The average Bonchev–Trinajstić information content (AvgIpc) is 3.50. The summed E-state index contributed by atoms with van der Waals surface area (Å²) < 4.78 is 54.0. The van der Waals surface area contributed by atoms with E-state index in [4.69, 9.17) is 42.3 Å². The Morgan fingerprint density at radius 3 is 1.08 bits per heavy atom.